The van der Waals surface area contributed by atoms with Crippen LogP contribution >= 0.6 is 0 Å². The molecule has 1 rings (SSSR count). The monoisotopic (exact) mass is 162 g/mol. The van der Waals surface area contributed by atoms with Crippen molar-refractivity contribution in [3.05, 3.63) is 0 Å². The van der Waals surface area contributed by atoms with Crippen LogP contribution in [0, 0.1) is 0 Å². The van der Waals surface area contributed by atoms with E-state index in [4.69, 9.17) is 0 Å². The smallest absolute Gasteiger partial charge is 0.264 e. The Kier molecular flexibility index (Phi) is 4.77. The van der Waals surface area contributed by atoms with Crippen LogP contribution in [0.15, 0.2) is 0 Å². The summed E-state index contributed by atoms with van der Waals surface area (Å²) in [5.74, 6) is -0.441. The summed E-state index contributed by atoms with van der Waals surface area (Å²) in [4.78, 5) is 12.3. The minimum atomic E-state index is -0.441. The maximum absolute atomic E-state index is 12.2. The van der Waals surface area contributed by atoms with Gasteiger partial charge in [-0.15, -0.1) is 0 Å². The molecule has 1 amide bonds. The third-order valence-electron chi connectivity index (χ3n) is 1.35. The first-order valence-electron chi connectivity index (χ1n) is 3.85. The molecule has 3 nitrogen and oxygen atoms in total. The summed E-state index contributed by atoms with van der Waals surface area (Å²) in [5.41, 5.74) is 0. The number of amides is 1. The van der Waals surface area contributed by atoms with Crippen LogP contribution in [0.4, 0.5) is 4.48 Å². The van der Waals surface area contributed by atoms with E-state index in [1.54, 1.807) is 11.9 Å². The van der Waals surface area contributed by atoms with E-state index in [0.717, 1.165) is 0 Å². The van der Waals surface area contributed by atoms with Gasteiger partial charge in [-0.2, -0.15) is 5.12 Å². The van der Waals surface area contributed by atoms with Crippen LogP contribution < -0.4 is 0 Å². The molecule has 1 heterocycles. The molecule has 0 aromatic heterocycles. The van der Waals surface area contributed by atoms with Crippen LogP contribution in [0.2, 0.25) is 0 Å². The number of likely N-dealkylation sites (N-methyl/N-ethyl adjacent to an activating group) is 1. The van der Waals surface area contributed by atoms with E-state index in [1.165, 1.54) is 0 Å². The van der Waals surface area contributed by atoms with Gasteiger partial charge in [0.25, 0.3) is 5.91 Å². The van der Waals surface area contributed by atoms with Gasteiger partial charge >= 0.3 is 0 Å². The number of carbonyl (C=O) groups excluding carboxylic acids is 1. The van der Waals surface area contributed by atoms with E-state index in [0.29, 0.717) is 6.54 Å². The molecule has 0 spiro atoms. The first-order chi connectivity index (χ1) is 5.20. The summed E-state index contributed by atoms with van der Waals surface area (Å²) in [7, 11) is 1.80. The maximum Gasteiger partial charge on any atom is 0.264 e. The molecule has 0 unspecified atom stereocenters. The number of nitrogens with zero attached hydrogens (tertiary/aromatic N) is 2. The zero-order valence-electron chi connectivity index (χ0n) is 7.30. The quantitative estimate of drug-likeness (QED) is 0.489. The van der Waals surface area contributed by atoms with Crippen molar-refractivity contribution in [2.45, 2.75) is 13.8 Å². The molecule has 0 aliphatic carbocycles. The molecule has 0 saturated carbocycles. The Bertz CT molecular complexity index is 130. The highest BCUT2D eigenvalue weighted by molar-refractivity contribution is 5.77. The Labute approximate surface area is 66.7 Å². The van der Waals surface area contributed by atoms with E-state index in [-0.39, 0.29) is 18.2 Å². The highest BCUT2D eigenvalue weighted by Gasteiger charge is 2.20. The molecule has 66 valence electrons. The van der Waals surface area contributed by atoms with E-state index in [9.17, 15) is 9.28 Å². The van der Waals surface area contributed by atoms with Crippen LogP contribution in [-0.2, 0) is 4.79 Å². The number of piperazine rings is 1. The van der Waals surface area contributed by atoms with Gasteiger partial charge in [0.05, 0.1) is 13.1 Å². The average molecular weight is 162 g/mol. The first-order valence-corrected chi connectivity index (χ1v) is 3.85. The minimum absolute atomic E-state index is 0.204. The van der Waals surface area contributed by atoms with Crippen LogP contribution in [0.5, 0.6) is 0 Å². The Hall–Kier alpha value is -0.640. The Balaban J connectivity index is 0.000000461. The number of hydrogen-bond acceptors (Lipinski definition) is 2. The number of rotatable bonds is 0. The van der Waals surface area contributed by atoms with Crippen LogP contribution in [-0.4, -0.2) is 42.6 Å². The van der Waals surface area contributed by atoms with Crippen molar-refractivity contribution in [1.82, 2.24) is 10.0 Å². The van der Waals surface area contributed by atoms with Gasteiger partial charge < -0.3 is 0 Å². The lowest BCUT2D eigenvalue weighted by Gasteiger charge is -2.24. The Morgan fingerprint density at radius 1 is 1.36 bits per heavy atom. The lowest BCUT2D eigenvalue weighted by Crippen LogP contribution is -2.44. The number of carbonyl (C=O) groups is 1. The van der Waals surface area contributed by atoms with Gasteiger partial charge in [-0.1, -0.05) is 18.3 Å². The van der Waals surface area contributed by atoms with E-state index in [2.05, 4.69) is 0 Å². The third-order valence-corrected chi connectivity index (χ3v) is 1.35. The van der Waals surface area contributed by atoms with Crippen molar-refractivity contribution in [2.24, 2.45) is 0 Å². The molecule has 0 aromatic carbocycles. The minimum Gasteiger partial charge on any atom is -0.296 e. The van der Waals surface area contributed by atoms with Gasteiger partial charge in [-0.3, -0.25) is 9.69 Å². The highest BCUT2D eigenvalue weighted by Crippen LogP contribution is 1.99. The molecule has 0 N–H and O–H groups in total. The molecule has 0 radical (unpaired) electrons. The molecule has 0 aromatic rings. The first kappa shape index (κ1) is 10.4. The molecular weight excluding hydrogens is 147 g/mol. The van der Waals surface area contributed by atoms with Gasteiger partial charge in [0.1, 0.15) is 0 Å². The van der Waals surface area contributed by atoms with Crippen LogP contribution in [0.1, 0.15) is 13.8 Å². The lowest BCUT2D eigenvalue weighted by atomic mass is 10.4. The summed E-state index contributed by atoms with van der Waals surface area (Å²) in [6.45, 7) is 5.04. The fraction of sp³-hybridized carbons (Fsp3) is 0.857. The number of halogens is 1. The van der Waals surface area contributed by atoms with Crippen molar-refractivity contribution in [3.63, 3.8) is 0 Å². The molecule has 0 atom stereocenters. The van der Waals surface area contributed by atoms with Gasteiger partial charge in [0.15, 0.2) is 0 Å². The summed E-state index contributed by atoms with van der Waals surface area (Å²) in [6.07, 6.45) is 0. The zero-order valence-corrected chi connectivity index (χ0v) is 7.30. The molecule has 1 saturated heterocycles. The second-order valence-electron chi connectivity index (χ2n) is 2.22. The van der Waals surface area contributed by atoms with Crippen molar-refractivity contribution in [1.29, 1.82) is 0 Å². The normalized spacial score (nSPS) is 19.3. The SMILES string of the molecule is CC.CN1CCN(F)C(=O)C1. The summed E-state index contributed by atoms with van der Waals surface area (Å²) >= 11 is 0. The largest absolute Gasteiger partial charge is 0.296 e. The second-order valence-corrected chi connectivity index (χ2v) is 2.22. The topological polar surface area (TPSA) is 23.6 Å². The molecular formula is C7H15FN2O. The predicted octanol–water partition coefficient (Wildman–Crippen LogP) is 0.671. The standard InChI is InChI=1S/C5H9FN2O.C2H6/c1-7-2-3-8(6)5(9)4-7;1-2/h2-4H2,1H3;1-2H3. The van der Waals surface area contributed by atoms with Crippen molar-refractivity contribution >= 4 is 5.91 Å². The van der Waals surface area contributed by atoms with Crippen LogP contribution in [0.3, 0.4) is 0 Å². The fourth-order valence-corrected chi connectivity index (χ4v) is 0.770. The Morgan fingerprint density at radius 3 is 2.27 bits per heavy atom. The highest BCUT2D eigenvalue weighted by atomic mass is 19.2. The molecule has 11 heavy (non-hydrogen) atoms. The third kappa shape index (κ3) is 3.32. The van der Waals surface area contributed by atoms with Crippen molar-refractivity contribution < 1.29 is 9.28 Å². The van der Waals surface area contributed by atoms with Crippen LogP contribution in [0.25, 0.3) is 0 Å². The van der Waals surface area contributed by atoms with E-state index in [1.807, 2.05) is 13.8 Å². The average Bonchev–Trinajstić information content (AvgIpc) is 2.02. The van der Waals surface area contributed by atoms with E-state index >= 15 is 0 Å². The fourth-order valence-electron chi connectivity index (χ4n) is 0.770. The van der Waals surface area contributed by atoms with Crippen molar-refractivity contribution in [3.8, 4) is 0 Å². The lowest BCUT2D eigenvalue weighted by molar-refractivity contribution is -0.152. The maximum atomic E-state index is 12.2. The molecule has 4 heteroatoms. The summed E-state index contributed by atoms with van der Waals surface area (Å²) < 4.78 is 12.2. The molecule has 1 fully saturated rings. The summed E-state index contributed by atoms with van der Waals surface area (Å²) in [5, 5.41) is 0.264. The zero-order chi connectivity index (χ0) is 8.85. The van der Waals surface area contributed by atoms with Gasteiger partial charge in [-0.05, 0) is 7.05 Å². The Morgan fingerprint density at radius 2 is 1.91 bits per heavy atom. The van der Waals surface area contributed by atoms with Gasteiger partial charge in [0, 0.05) is 6.54 Å². The molecule has 1 aliphatic rings. The molecule has 1 aliphatic heterocycles. The molecule has 0 bridgehead atoms. The van der Waals surface area contributed by atoms with Gasteiger partial charge in [-0.25, -0.2) is 0 Å². The second kappa shape index (κ2) is 5.07. The number of hydrogen-bond donors (Lipinski definition) is 0. The van der Waals surface area contributed by atoms with E-state index < -0.39 is 5.91 Å². The summed E-state index contributed by atoms with van der Waals surface area (Å²) in [6, 6.07) is 0. The van der Waals surface area contributed by atoms with Crippen molar-refractivity contribution in [2.75, 3.05) is 26.7 Å². The van der Waals surface area contributed by atoms with Gasteiger partial charge in [0.2, 0.25) is 0 Å². The predicted molar refractivity (Wildman–Crippen MR) is 41.7 cm³/mol.